The van der Waals surface area contributed by atoms with Crippen LogP contribution in [-0.4, -0.2) is 22.0 Å². The Bertz CT molecular complexity index is 777. The minimum absolute atomic E-state index is 0.0154. The van der Waals surface area contributed by atoms with E-state index >= 15 is 0 Å². The van der Waals surface area contributed by atoms with Crippen LogP contribution in [0.5, 0.6) is 11.5 Å². The molecular weight excluding hydrogens is 316 g/mol. The highest BCUT2D eigenvalue weighted by atomic mass is 32.1. The van der Waals surface area contributed by atoms with Crippen molar-refractivity contribution in [1.82, 2.24) is 0 Å². The molecule has 118 valence electrons. The molecule has 0 aliphatic carbocycles. The van der Waals surface area contributed by atoms with Gasteiger partial charge in [-0.2, -0.15) is 0 Å². The number of ketones is 1. The van der Waals surface area contributed by atoms with Crippen LogP contribution in [0.2, 0.25) is 0 Å². The van der Waals surface area contributed by atoms with Crippen molar-refractivity contribution in [3.63, 3.8) is 0 Å². The molecule has 0 fully saturated rings. The van der Waals surface area contributed by atoms with Gasteiger partial charge in [-0.05, 0) is 30.0 Å². The molecule has 0 saturated heterocycles. The minimum Gasteiger partial charge on any atom is -0.508 e. The van der Waals surface area contributed by atoms with Gasteiger partial charge in [0.05, 0.1) is 12.0 Å². The first kappa shape index (κ1) is 15.3. The van der Waals surface area contributed by atoms with Gasteiger partial charge in [0.1, 0.15) is 17.6 Å². The van der Waals surface area contributed by atoms with Crippen molar-refractivity contribution in [3.05, 3.63) is 57.8 Å². The summed E-state index contributed by atoms with van der Waals surface area (Å²) in [5.41, 5.74) is 0.851. The van der Waals surface area contributed by atoms with E-state index in [1.165, 1.54) is 23.5 Å². The van der Waals surface area contributed by atoms with Crippen LogP contribution in [0.1, 0.15) is 33.3 Å². The molecule has 3 rings (SSSR count). The highest BCUT2D eigenvalue weighted by Gasteiger charge is 2.30. The van der Waals surface area contributed by atoms with Crippen molar-refractivity contribution in [2.75, 3.05) is 0 Å². The zero-order chi connectivity index (χ0) is 16.4. The molecule has 1 aromatic carbocycles. The molecule has 0 amide bonds. The van der Waals surface area contributed by atoms with Crippen molar-refractivity contribution in [2.24, 2.45) is 0 Å². The summed E-state index contributed by atoms with van der Waals surface area (Å²) in [5.74, 6) is -0.788. The van der Waals surface area contributed by atoms with E-state index in [0.29, 0.717) is 16.9 Å². The smallest absolute Gasteiger partial charge is 0.327 e. The normalized spacial score (nSPS) is 17.0. The molecule has 2 heterocycles. The highest BCUT2D eigenvalue weighted by Crippen LogP contribution is 2.41. The summed E-state index contributed by atoms with van der Waals surface area (Å²) in [7, 11) is 0. The molecule has 1 aliphatic heterocycles. The van der Waals surface area contributed by atoms with E-state index < -0.39 is 5.97 Å². The van der Waals surface area contributed by atoms with E-state index in [9.17, 15) is 14.7 Å². The van der Waals surface area contributed by atoms with Gasteiger partial charge >= 0.3 is 5.97 Å². The number of carbonyl (C=O) groups is 2. The minimum atomic E-state index is -1.07. The highest BCUT2D eigenvalue weighted by molar-refractivity contribution is 7.10. The van der Waals surface area contributed by atoms with Crippen LogP contribution in [-0.2, 0) is 11.2 Å². The van der Waals surface area contributed by atoms with E-state index in [-0.39, 0.29) is 30.5 Å². The SMILES string of the molecule is O=C(O)/C=C/Cc1c(O)ccc2c1OC(c1cccs1)CC2=O. The summed E-state index contributed by atoms with van der Waals surface area (Å²) in [6, 6.07) is 6.78. The number of phenolic OH excluding ortho intramolecular Hbond substituents is 1. The molecule has 1 aliphatic rings. The fraction of sp³-hybridized carbons (Fsp3) is 0.176. The third-order valence-electron chi connectivity index (χ3n) is 3.61. The molecule has 1 atom stereocenters. The lowest BCUT2D eigenvalue weighted by molar-refractivity contribution is -0.131. The number of rotatable bonds is 4. The molecule has 23 heavy (non-hydrogen) atoms. The molecule has 2 aromatic rings. The maximum Gasteiger partial charge on any atom is 0.327 e. The summed E-state index contributed by atoms with van der Waals surface area (Å²) in [6.45, 7) is 0. The predicted octanol–water partition coefficient (Wildman–Crippen LogP) is 3.34. The van der Waals surface area contributed by atoms with Gasteiger partial charge in [0, 0.05) is 16.5 Å². The number of hydrogen-bond acceptors (Lipinski definition) is 5. The molecular formula is C17H14O5S. The third kappa shape index (κ3) is 3.12. The van der Waals surface area contributed by atoms with Crippen LogP contribution >= 0.6 is 11.3 Å². The molecule has 0 bridgehead atoms. The molecule has 6 heteroatoms. The summed E-state index contributed by atoms with van der Waals surface area (Å²) in [5, 5.41) is 20.7. The molecule has 5 nitrogen and oxygen atoms in total. The monoisotopic (exact) mass is 330 g/mol. The van der Waals surface area contributed by atoms with Crippen LogP contribution in [0.4, 0.5) is 0 Å². The van der Waals surface area contributed by atoms with Crippen molar-refractivity contribution >= 4 is 23.1 Å². The van der Waals surface area contributed by atoms with E-state index in [2.05, 4.69) is 0 Å². The fourth-order valence-corrected chi connectivity index (χ4v) is 3.30. The Balaban J connectivity index is 1.98. The number of aliphatic carboxylic acids is 1. The summed E-state index contributed by atoms with van der Waals surface area (Å²) < 4.78 is 5.96. The molecule has 0 radical (unpaired) electrons. The number of ether oxygens (including phenoxy) is 1. The van der Waals surface area contributed by atoms with E-state index in [4.69, 9.17) is 9.84 Å². The van der Waals surface area contributed by atoms with E-state index in [0.717, 1.165) is 11.0 Å². The summed E-state index contributed by atoms with van der Waals surface area (Å²) in [4.78, 5) is 23.9. The van der Waals surface area contributed by atoms with Crippen LogP contribution < -0.4 is 4.74 Å². The molecule has 0 saturated carbocycles. The zero-order valence-corrected chi connectivity index (χ0v) is 12.9. The van der Waals surface area contributed by atoms with Gasteiger partial charge in [-0.25, -0.2) is 4.79 Å². The lowest BCUT2D eigenvalue weighted by Crippen LogP contribution is -2.20. The second-order valence-electron chi connectivity index (χ2n) is 5.13. The summed E-state index contributed by atoms with van der Waals surface area (Å²) in [6.07, 6.45) is 2.47. The first-order valence-corrected chi connectivity index (χ1v) is 7.92. The Kier molecular flexibility index (Phi) is 4.16. The van der Waals surface area contributed by atoms with Crippen molar-refractivity contribution in [3.8, 4) is 11.5 Å². The van der Waals surface area contributed by atoms with E-state index in [1.807, 2.05) is 17.5 Å². The average Bonchev–Trinajstić information content (AvgIpc) is 3.03. The summed E-state index contributed by atoms with van der Waals surface area (Å²) >= 11 is 1.51. The lowest BCUT2D eigenvalue weighted by atomic mass is 9.95. The maximum absolute atomic E-state index is 12.4. The number of Topliss-reactive ketones (excluding diaryl/α,β-unsaturated/α-hetero) is 1. The number of carbonyl (C=O) groups excluding carboxylic acids is 1. The second-order valence-corrected chi connectivity index (χ2v) is 6.11. The van der Waals surface area contributed by atoms with Gasteiger partial charge in [-0.1, -0.05) is 12.1 Å². The number of aromatic hydroxyl groups is 1. The van der Waals surface area contributed by atoms with Crippen LogP contribution in [0.15, 0.2) is 41.8 Å². The number of allylic oxidation sites excluding steroid dienone is 1. The number of fused-ring (bicyclic) bond motifs is 1. The molecule has 1 unspecified atom stereocenters. The number of hydrogen-bond donors (Lipinski definition) is 2. The molecule has 2 N–H and O–H groups in total. The maximum atomic E-state index is 12.4. The predicted molar refractivity (Wildman–Crippen MR) is 85.2 cm³/mol. The number of thiophene rings is 1. The third-order valence-corrected chi connectivity index (χ3v) is 4.57. The van der Waals surface area contributed by atoms with Crippen LogP contribution in [0, 0.1) is 0 Å². The lowest BCUT2D eigenvalue weighted by Gasteiger charge is -2.26. The van der Waals surface area contributed by atoms with Gasteiger partial charge in [0.2, 0.25) is 0 Å². The first-order chi connectivity index (χ1) is 11.1. The van der Waals surface area contributed by atoms with Gasteiger partial charge in [0.25, 0.3) is 0 Å². The van der Waals surface area contributed by atoms with Crippen molar-refractivity contribution in [2.45, 2.75) is 18.9 Å². The van der Waals surface area contributed by atoms with Gasteiger partial charge in [0.15, 0.2) is 5.78 Å². The fourth-order valence-electron chi connectivity index (χ4n) is 2.54. The number of benzene rings is 1. The van der Waals surface area contributed by atoms with Gasteiger partial charge < -0.3 is 14.9 Å². The van der Waals surface area contributed by atoms with Crippen LogP contribution in [0.25, 0.3) is 0 Å². The Morgan fingerprint density at radius 1 is 1.39 bits per heavy atom. The Morgan fingerprint density at radius 3 is 2.91 bits per heavy atom. The standard InChI is InChI=1S/C17H14O5S/c18-12-7-6-11-13(19)9-14(15-4-2-8-23-15)22-17(11)10(12)3-1-5-16(20)21/h1-2,4-8,14,18H,3,9H2,(H,20,21)/b5-1+. The van der Waals surface area contributed by atoms with E-state index in [1.54, 1.807) is 6.07 Å². The Morgan fingerprint density at radius 2 is 2.22 bits per heavy atom. The Hall–Kier alpha value is -2.60. The zero-order valence-electron chi connectivity index (χ0n) is 12.1. The first-order valence-electron chi connectivity index (χ1n) is 7.04. The average molecular weight is 330 g/mol. The molecule has 0 spiro atoms. The largest absolute Gasteiger partial charge is 0.508 e. The molecule has 1 aromatic heterocycles. The number of phenols is 1. The number of carboxylic acids is 1. The Labute approximate surface area is 136 Å². The van der Waals surface area contributed by atoms with Gasteiger partial charge in [-0.15, -0.1) is 11.3 Å². The van der Waals surface area contributed by atoms with Crippen molar-refractivity contribution < 1.29 is 24.5 Å². The topological polar surface area (TPSA) is 83.8 Å². The second kappa shape index (κ2) is 6.26. The number of carboxylic acid groups (broad SMARTS) is 1. The van der Waals surface area contributed by atoms with Gasteiger partial charge in [-0.3, -0.25) is 4.79 Å². The van der Waals surface area contributed by atoms with Crippen molar-refractivity contribution in [1.29, 1.82) is 0 Å². The quantitative estimate of drug-likeness (QED) is 0.840. The van der Waals surface area contributed by atoms with Crippen LogP contribution in [0.3, 0.4) is 0 Å².